The number of nitrogens with one attached hydrogen (secondary N) is 1. The Morgan fingerprint density at radius 3 is 2.40 bits per heavy atom. The van der Waals surface area contributed by atoms with Crippen LogP contribution in [0.2, 0.25) is 0 Å². The van der Waals surface area contributed by atoms with Gasteiger partial charge in [-0.05, 0) is 5.56 Å². The molecular formula is C11H12N2O2. The molecule has 0 aromatic heterocycles. The van der Waals surface area contributed by atoms with Gasteiger partial charge in [0, 0.05) is 0 Å². The Hall–Kier alpha value is -2.10. The van der Waals surface area contributed by atoms with Crippen molar-refractivity contribution in [3.05, 3.63) is 48.6 Å². The molecule has 0 aliphatic rings. The van der Waals surface area contributed by atoms with Gasteiger partial charge in [0.15, 0.2) is 0 Å². The second kappa shape index (κ2) is 4.95. The van der Waals surface area contributed by atoms with Crippen molar-refractivity contribution in [1.82, 2.24) is 5.32 Å². The first-order valence-corrected chi connectivity index (χ1v) is 4.43. The van der Waals surface area contributed by atoms with E-state index in [1.54, 1.807) is 0 Å². The van der Waals surface area contributed by atoms with E-state index in [9.17, 15) is 9.59 Å². The van der Waals surface area contributed by atoms with Crippen LogP contribution in [0, 0.1) is 0 Å². The minimum Gasteiger partial charge on any atom is -0.361 e. The number of benzene rings is 1. The summed E-state index contributed by atoms with van der Waals surface area (Å²) in [5.41, 5.74) is 5.68. The lowest BCUT2D eigenvalue weighted by Gasteiger charge is -2.13. The molecule has 0 radical (unpaired) electrons. The van der Waals surface area contributed by atoms with E-state index in [4.69, 9.17) is 5.73 Å². The average molecular weight is 204 g/mol. The Bertz CT molecular complexity index is 373. The fourth-order valence-corrected chi connectivity index (χ4v) is 1.15. The molecule has 1 atom stereocenters. The zero-order valence-corrected chi connectivity index (χ0v) is 8.14. The summed E-state index contributed by atoms with van der Waals surface area (Å²) in [5.74, 6) is -1.82. The van der Waals surface area contributed by atoms with Crippen molar-refractivity contribution in [2.24, 2.45) is 5.73 Å². The summed E-state index contributed by atoms with van der Waals surface area (Å²) in [5, 5.41) is 2.45. The van der Waals surface area contributed by atoms with Crippen LogP contribution in [0.3, 0.4) is 0 Å². The highest BCUT2D eigenvalue weighted by Crippen LogP contribution is 2.12. The van der Waals surface area contributed by atoms with Crippen molar-refractivity contribution in [3.63, 3.8) is 0 Å². The predicted molar refractivity (Wildman–Crippen MR) is 56.7 cm³/mol. The number of nitrogens with two attached hydrogens (primary N) is 1. The number of hydrogen-bond donors (Lipinski definition) is 2. The zero-order chi connectivity index (χ0) is 11.3. The van der Waals surface area contributed by atoms with Crippen LogP contribution in [-0.4, -0.2) is 11.8 Å². The highest BCUT2D eigenvalue weighted by Gasteiger charge is 2.14. The lowest BCUT2D eigenvalue weighted by molar-refractivity contribution is -0.137. The molecule has 1 aromatic rings. The molecule has 0 heterocycles. The van der Waals surface area contributed by atoms with Crippen molar-refractivity contribution in [2.45, 2.75) is 6.04 Å². The van der Waals surface area contributed by atoms with Gasteiger partial charge in [-0.3, -0.25) is 9.59 Å². The van der Waals surface area contributed by atoms with E-state index in [2.05, 4.69) is 11.9 Å². The minimum atomic E-state index is -1.00. The second-order valence-electron chi connectivity index (χ2n) is 2.96. The largest absolute Gasteiger partial charge is 0.361 e. The lowest BCUT2D eigenvalue weighted by Crippen LogP contribution is -2.37. The molecule has 0 aliphatic heterocycles. The Morgan fingerprint density at radius 2 is 1.93 bits per heavy atom. The number of carbonyl (C=O) groups excluding carboxylic acids is 2. The van der Waals surface area contributed by atoms with Gasteiger partial charge >= 0.3 is 11.8 Å². The molecule has 4 nitrogen and oxygen atoms in total. The topological polar surface area (TPSA) is 72.2 Å². The Morgan fingerprint density at radius 1 is 1.33 bits per heavy atom. The third kappa shape index (κ3) is 2.95. The van der Waals surface area contributed by atoms with E-state index in [-0.39, 0.29) is 0 Å². The van der Waals surface area contributed by atoms with E-state index < -0.39 is 17.9 Å². The molecular weight excluding hydrogens is 192 g/mol. The molecule has 15 heavy (non-hydrogen) atoms. The van der Waals surface area contributed by atoms with Crippen molar-refractivity contribution in [2.75, 3.05) is 0 Å². The van der Waals surface area contributed by atoms with Crippen LogP contribution in [0.4, 0.5) is 0 Å². The first-order valence-electron chi connectivity index (χ1n) is 4.43. The van der Waals surface area contributed by atoms with Crippen LogP contribution in [0.1, 0.15) is 11.6 Å². The molecule has 4 heteroatoms. The summed E-state index contributed by atoms with van der Waals surface area (Å²) in [6.07, 6.45) is 1.54. The standard InChI is InChI=1S/C11H12N2O2/c1-2-9(13-11(15)10(12)14)8-6-4-3-5-7-8/h2-7,9H,1H2,(H2,12,14)(H,13,15). The smallest absolute Gasteiger partial charge is 0.309 e. The number of amides is 2. The third-order valence-electron chi connectivity index (χ3n) is 1.90. The monoisotopic (exact) mass is 204 g/mol. The van der Waals surface area contributed by atoms with Crippen LogP contribution in [0.5, 0.6) is 0 Å². The third-order valence-corrected chi connectivity index (χ3v) is 1.90. The number of carbonyl (C=O) groups is 2. The molecule has 0 bridgehead atoms. The van der Waals surface area contributed by atoms with E-state index >= 15 is 0 Å². The molecule has 0 saturated heterocycles. The zero-order valence-electron chi connectivity index (χ0n) is 8.14. The summed E-state index contributed by atoms with van der Waals surface area (Å²) < 4.78 is 0. The van der Waals surface area contributed by atoms with Gasteiger partial charge in [-0.1, -0.05) is 36.4 Å². The van der Waals surface area contributed by atoms with Crippen molar-refractivity contribution < 1.29 is 9.59 Å². The number of primary amides is 1. The Labute approximate surface area is 87.8 Å². The van der Waals surface area contributed by atoms with Gasteiger partial charge in [0.05, 0.1) is 6.04 Å². The van der Waals surface area contributed by atoms with Crippen molar-refractivity contribution in [1.29, 1.82) is 0 Å². The Kier molecular flexibility index (Phi) is 3.62. The van der Waals surface area contributed by atoms with Crippen molar-refractivity contribution in [3.8, 4) is 0 Å². The van der Waals surface area contributed by atoms with Crippen LogP contribution >= 0.6 is 0 Å². The number of rotatable bonds is 3. The highest BCUT2D eigenvalue weighted by atomic mass is 16.2. The van der Waals surface area contributed by atoms with E-state index in [1.165, 1.54) is 6.08 Å². The number of hydrogen-bond acceptors (Lipinski definition) is 2. The van der Waals surface area contributed by atoms with Crippen LogP contribution in [-0.2, 0) is 9.59 Å². The molecule has 2 amide bonds. The first-order chi connectivity index (χ1) is 7.15. The van der Waals surface area contributed by atoms with Crippen LogP contribution < -0.4 is 11.1 Å². The van der Waals surface area contributed by atoms with Gasteiger partial charge < -0.3 is 11.1 Å². The summed E-state index contributed by atoms with van der Waals surface area (Å²) >= 11 is 0. The first kappa shape index (κ1) is 11.0. The van der Waals surface area contributed by atoms with E-state index in [0.717, 1.165) is 5.56 Å². The summed E-state index contributed by atoms with van der Waals surface area (Å²) in [4.78, 5) is 21.6. The quantitative estimate of drug-likeness (QED) is 0.556. The maximum atomic E-state index is 11.1. The summed E-state index contributed by atoms with van der Waals surface area (Å²) in [6.45, 7) is 3.58. The molecule has 1 rings (SSSR count). The van der Waals surface area contributed by atoms with Gasteiger partial charge in [0.25, 0.3) is 0 Å². The maximum absolute atomic E-state index is 11.1. The normalized spacial score (nSPS) is 11.5. The average Bonchev–Trinajstić information content (AvgIpc) is 2.26. The van der Waals surface area contributed by atoms with E-state index in [0.29, 0.717) is 0 Å². The fraction of sp³-hybridized carbons (Fsp3) is 0.0909. The summed E-state index contributed by atoms with van der Waals surface area (Å²) in [7, 11) is 0. The molecule has 0 saturated carbocycles. The SMILES string of the molecule is C=CC(NC(=O)C(N)=O)c1ccccc1. The molecule has 0 aliphatic carbocycles. The molecule has 1 unspecified atom stereocenters. The lowest BCUT2D eigenvalue weighted by atomic mass is 10.1. The molecule has 0 fully saturated rings. The van der Waals surface area contributed by atoms with Crippen molar-refractivity contribution >= 4 is 11.8 Å². The maximum Gasteiger partial charge on any atom is 0.309 e. The van der Waals surface area contributed by atoms with Gasteiger partial charge in [0.1, 0.15) is 0 Å². The van der Waals surface area contributed by atoms with Gasteiger partial charge in [0.2, 0.25) is 0 Å². The molecule has 0 spiro atoms. The molecule has 3 N–H and O–H groups in total. The van der Waals surface area contributed by atoms with Gasteiger partial charge in [-0.25, -0.2) is 0 Å². The summed E-state index contributed by atoms with van der Waals surface area (Å²) in [6, 6.07) is 8.79. The molecule has 78 valence electrons. The van der Waals surface area contributed by atoms with E-state index in [1.807, 2.05) is 30.3 Å². The van der Waals surface area contributed by atoms with Crippen LogP contribution in [0.15, 0.2) is 43.0 Å². The Balaban J connectivity index is 2.78. The van der Waals surface area contributed by atoms with Gasteiger partial charge in [-0.2, -0.15) is 0 Å². The van der Waals surface area contributed by atoms with Crippen LogP contribution in [0.25, 0.3) is 0 Å². The highest BCUT2D eigenvalue weighted by molar-refractivity contribution is 6.34. The van der Waals surface area contributed by atoms with Gasteiger partial charge in [-0.15, -0.1) is 6.58 Å². The second-order valence-corrected chi connectivity index (χ2v) is 2.96. The fourth-order valence-electron chi connectivity index (χ4n) is 1.15. The minimum absolute atomic E-state index is 0.397. The predicted octanol–water partition coefficient (Wildman–Crippen LogP) is 0.515. The molecule has 1 aromatic carbocycles.